The molecule has 21 heavy (non-hydrogen) atoms. The number of alkyl halides is 6. The minimum absolute atomic E-state index is 0.0217. The lowest BCUT2D eigenvalue weighted by atomic mass is 9.77. The summed E-state index contributed by atoms with van der Waals surface area (Å²) >= 11 is 0. The molecule has 0 amide bonds. The van der Waals surface area contributed by atoms with Crippen molar-refractivity contribution in [1.82, 2.24) is 5.32 Å². The molecular formula is C13H21F6NO. The van der Waals surface area contributed by atoms with E-state index in [2.05, 4.69) is 10.1 Å². The van der Waals surface area contributed by atoms with E-state index >= 15 is 0 Å². The van der Waals surface area contributed by atoms with Crippen LogP contribution in [0.2, 0.25) is 0 Å². The van der Waals surface area contributed by atoms with Crippen molar-refractivity contribution in [2.24, 2.45) is 5.92 Å². The van der Waals surface area contributed by atoms with Crippen LogP contribution < -0.4 is 5.32 Å². The van der Waals surface area contributed by atoms with Crippen molar-refractivity contribution >= 4 is 0 Å². The van der Waals surface area contributed by atoms with Gasteiger partial charge in [0, 0.05) is 6.54 Å². The minimum atomic E-state index is -5.46. The van der Waals surface area contributed by atoms with Gasteiger partial charge in [0.05, 0.1) is 5.60 Å². The Labute approximate surface area is 120 Å². The maximum atomic E-state index is 12.7. The third kappa shape index (κ3) is 5.02. The zero-order valence-corrected chi connectivity index (χ0v) is 12.1. The predicted octanol–water partition coefficient (Wildman–Crippen LogP) is 4.05. The fourth-order valence-electron chi connectivity index (χ4n) is 2.84. The van der Waals surface area contributed by atoms with Crippen LogP contribution in [-0.2, 0) is 4.74 Å². The second-order valence-electron chi connectivity index (χ2n) is 5.65. The fourth-order valence-corrected chi connectivity index (χ4v) is 2.84. The average Bonchev–Trinajstić information content (AvgIpc) is 2.35. The molecule has 0 aliphatic heterocycles. The fraction of sp³-hybridized carbons (Fsp3) is 1.00. The molecule has 0 bridgehead atoms. The first-order valence-corrected chi connectivity index (χ1v) is 7.00. The smallest absolute Gasteiger partial charge is 0.353 e. The van der Waals surface area contributed by atoms with Gasteiger partial charge < -0.3 is 10.1 Å². The number of likely N-dealkylation sites (N-methyl/N-ethyl adjacent to an activating group) is 1. The monoisotopic (exact) mass is 321 g/mol. The summed E-state index contributed by atoms with van der Waals surface area (Å²) in [5, 5.41) is 2.66. The van der Waals surface area contributed by atoms with Gasteiger partial charge in [-0.15, -0.1) is 0 Å². The van der Waals surface area contributed by atoms with Crippen LogP contribution in [0.5, 0.6) is 0 Å². The standard InChI is InChI=1S/C13H21F6NO/c1-3-9-4-6-11(7-5-9,8-20-2)21-10(12(14,15)16)13(17,18)19/h9-10,20H,3-8H2,1-2H3. The van der Waals surface area contributed by atoms with Gasteiger partial charge in [0.25, 0.3) is 0 Å². The van der Waals surface area contributed by atoms with E-state index in [4.69, 9.17) is 0 Å². The third-order valence-electron chi connectivity index (χ3n) is 4.06. The minimum Gasteiger partial charge on any atom is -0.353 e. The van der Waals surface area contributed by atoms with Gasteiger partial charge in [-0.3, -0.25) is 0 Å². The maximum absolute atomic E-state index is 12.7. The lowest BCUT2D eigenvalue weighted by Gasteiger charge is -2.42. The summed E-state index contributed by atoms with van der Waals surface area (Å²) in [5.41, 5.74) is -1.41. The molecule has 0 atom stereocenters. The van der Waals surface area contributed by atoms with Crippen molar-refractivity contribution in [3.8, 4) is 0 Å². The number of nitrogens with one attached hydrogen (secondary N) is 1. The molecule has 0 aromatic heterocycles. The van der Waals surface area contributed by atoms with Gasteiger partial charge in [-0.25, -0.2) is 0 Å². The van der Waals surface area contributed by atoms with E-state index in [9.17, 15) is 26.3 Å². The average molecular weight is 321 g/mol. The molecule has 126 valence electrons. The number of ether oxygens (including phenoxy) is 1. The predicted molar refractivity (Wildman–Crippen MR) is 65.9 cm³/mol. The van der Waals surface area contributed by atoms with Gasteiger partial charge in [0.15, 0.2) is 0 Å². The van der Waals surface area contributed by atoms with Gasteiger partial charge in [0.2, 0.25) is 6.10 Å². The van der Waals surface area contributed by atoms with Gasteiger partial charge in [-0.2, -0.15) is 26.3 Å². The quantitative estimate of drug-likeness (QED) is 0.771. The number of halogens is 6. The first-order valence-electron chi connectivity index (χ1n) is 7.00. The van der Waals surface area contributed by atoms with Crippen LogP contribution in [0, 0.1) is 5.92 Å². The number of hydrogen-bond donors (Lipinski definition) is 1. The molecule has 0 unspecified atom stereocenters. The van der Waals surface area contributed by atoms with E-state index in [1.54, 1.807) is 0 Å². The van der Waals surface area contributed by atoms with E-state index in [1.165, 1.54) is 7.05 Å². The van der Waals surface area contributed by atoms with Crippen molar-refractivity contribution in [2.45, 2.75) is 63.1 Å². The summed E-state index contributed by atoms with van der Waals surface area (Å²) < 4.78 is 80.6. The van der Waals surface area contributed by atoms with Crippen LogP contribution in [-0.4, -0.2) is 37.7 Å². The van der Waals surface area contributed by atoms with Crippen molar-refractivity contribution in [3.05, 3.63) is 0 Å². The summed E-state index contributed by atoms with van der Waals surface area (Å²) in [7, 11) is 1.49. The lowest BCUT2D eigenvalue weighted by Crippen LogP contribution is -2.54. The Kier molecular flexibility index (Phi) is 5.94. The molecule has 1 rings (SSSR count). The molecule has 1 N–H and O–H groups in total. The van der Waals surface area contributed by atoms with Crippen LogP contribution in [0.1, 0.15) is 39.0 Å². The summed E-state index contributed by atoms with van der Waals surface area (Å²) in [4.78, 5) is 0. The maximum Gasteiger partial charge on any atom is 0.423 e. The highest BCUT2D eigenvalue weighted by atomic mass is 19.4. The van der Waals surface area contributed by atoms with E-state index < -0.39 is 24.1 Å². The van der Waals surface area contributed by atoms with Crippen LogP contribution in [0.3, 0.4) is 0 Å². The Morgan fingerprint density at radius 1 is 1.10 bits per heavy atom. The summed E-state index contributed by atoms with van der Waals surface area (Å²) in [6.07, 6.45) is -12.2. The molecule has 0 saturated heterocycles. The van der Waals surface area contributed by atoms with Crippen molar-refractivity contribution in [2.75, 3.05) is 13.6 Å². The molecule has 1 saturated carbocycles. The number of hydrogen-bond acceptors (Lipinski definition) is 2. The molecular weight excluding hydrogens is 300 g/mol. The van der Waals surface area contributed by atoms with Crippen LogP contribution in [0.15, 0.2) is 0 Å². The number of rotatable bonds is 5. The summed E-state index contributed by atoms with van der Waals surface area (Å²) in [6, 6.07) is 0. The zero-order chi connectivity index (χ0) is 16.3. The van der Waals surface area contributed by atoms with E-state index in [0.29, 0.717) is 18.8 Å². The summed E-state index contributed by atoms with van der Waals surface area (Å²) in [6.45, 7) is 1.94. The van der Waals surface area contributed by atoms with Crippen molar-refractivity contribution in [3.63, 3.8) is 0 Å². The molecule has 0 heterocycles. The molecule has 1 fully saturated rings. The molecule has 0 aromatic carbocycles. The lowest BCUT2D eigenvalue weighted by molar-refractivity contribution is -0.347. The molecule has 2 nitrogen and oxygen atoms in total. The second kappa shape index (κ2) is 6.73. The molecule has 1 aliphatic carbocycles. The summed E-state index contributed by atoms with van der Waals surface area (Å²) in [5.74, 6) is 0.341. The van der Waals surface area contributed by atoms with Gasteiger partial charge in [-0.05, 0) is 38.6 Å². The molecule has 0 aromatic rings. The molecule has 8 heteroatoms. The van der Waals surface area contributed by atoms with E-state index in [1.807, 2.05) is 6.92 Å². The first-order chi connectivity index (χ1) is 9.54. The SMILES string of the molecule is CCC1CCC(CNC)(OC(C(F)(F)F)C(F)(F)F)CC1. The van der Waals surface area contributed by atoms with E-state index in [-0.39, 0.29) is 19.4 Å². The Morgan fingerprint density at radius 3 is 1.90 bits per heavy atom. The topological polar surface area (TPSA) is 21.3 Å². The van der Waals surface area contributed by atoms with Crippen molar-refractivity contribution < 1.29 is 31.1 Å². The Bertz CT molecular complexity index is 306. The molecule has 0 radical (unpaired) electrons. The van der Waals surface area contributed by atoms with Gasteiger partial charge in [0.1, 0.15) is 0 Å². The largest absolute Gasteiger partial charge is 0.423 e. The highest BCUT2D eigenvalue weighted by Crippen LogP contribution is 2.43. The van der Waals surface area contributed by atoms with E-state index in [0.717, 1.165) is 6.42 Å². The third-order valence-corrected chi connectivity index (χ3v) is 4.06. The highest BCUT2D eigenvalue weighted by Gasteiger charge is 2.60. The van der Waals surface area contributed by atoms with Crippen LogP contribution in [0.4, 0.5) is 26.3 Å². The Morgan fingerprint density at radius 2 is 1.57 bits per heavy atom. The van der Waals surface area contributed by atoms with Crippen molar-refractivity contribution in [1.29, 1.82) is 0 Å². The zero-order valence-electron chi connectivity index (χ0n) is 12.1. The normalized spacial score (nSPS) is 28.1. The highest BCUT2D eigenvalue weighted by molar-refractivity contribution is 4.92. The van der Waals surface area contributed by atoms with Gasteiger partial charge in [-0.1, -0.05) is 13.3 Å². The Hall–Kier alpha value is -0.500. The molecule has 1 aliphatic rings. The Balaban J connectivity index is 2.90. The van der Waals surface area contributed by atoms with Crippen LogP contribution in [0.25, 0.3) is 0 Å². The molecule has 0 spiro atoms. The van der Waals surface area contributed by atoms with Crippen LogP contribution >= 0.6 is 0 Å². The first kappa shape index (κ1) is 18.5. The second-order valence-corrected chi connectivity index (χ2v) is 5.65. The van der Waals surface area contributed by atoms with Gasteiger partial charge >= 0.3 is 12.4 Å².